The fourth-order valence-electron chi connectivity index (χ4n) is 11.4. The molecule has 56 heavy (non-hydrogen) atoms. The van der Waals surface area contributed by atoms with Gasteiger partial charge in [0.1, 0.15) is 24.7 Å². The van der Waals surface area contributed by atoms with Crippen LogP contribution in [0.25, 0.3) is 0 Å². The molecule has 7 heteroatoms. The minimum atomic E-state index is -1.84. The van der Waals surface area contributed by atoms with Crippen molar-refractivity contribution >= 4 is 20.1 Å². The molecule has 7 rings (SSSR count). The summed E-state index contributed by atoms with van der Waals surface area (Å²) in [5, 5.41) is 3.29. The van der Waals surface area contributed by atoms with Crippen molar-refractivity contribution in [3.63, 3.8) is 0 Å². The Morgan fingerprint density at radius 2 is 1.20 bits per heavy atom. The molecule has 6 nitrogen and oxygen atoms in total. The van der Waals surface area contributed by atoms with Gasteiger partial charge in [0.15, 0.2) is 8.32 Å². The van der Waals surface area contributed by atoms with Gasteiger partial charge >= 0.3 is 0 Å². The van der Waals surface area contributed by atoms with Crippen molar-refractivity contribution in [1.82, 2.24) is 5.32 Å². The minimum absolute atomic E-state index is 0.0846. The van der Waals surface area contributed by atoms with E-state index in [2.05, 4.69) is 115 Å². The van der Waals surface area contributed by atoms with Gasteiger partial charge in [-0.15, -0.1) is 0 Å². The minimum Gasteiger partial charge on any atom is -0.491 e. The monoisotopic (exact) mass is 777 g/mol. The predicted octanol–water partition coefficient (Wildman–Crippen LogP) is 11.0. The summed E-state index contributed by atoms with van der Waals surface area (Å²) in [6.07, 6.45) is 9.25. The topological polar surface area (TPSA) is 73.9 Å². The molecule has 0 spiro atoms. The zero-order valence-electron chi connectivity index (χ0n) is 35.7. The van der Waals surface area contributed by atoms with Crippen LogP contribution in [0.4, 0.5) is 0 Å². The lowest BCUT2D eigenvalue weighted by Gasteiger charge is -2.56. The predicted molar refractivity (Wildman–Crippen MR) is 228 cm³/mol. The molecule has 2 amide bonds. The summed E-state index contributed by atoms with van der Waals surface area (Å²) in [6, 6.07) is 23.4. The highest BCUT2D eigenvalue weighted by atomic mass is 28.4. The molecule has 6 atom stereocenters. The third-order valence-corrected chi connectivity index (χ3v) is 20.3. The van der Waals surface area contributed by atoms with E-state index in [1.54, 1.807) is 0 Å². The highest BCUT2D eigenvalue weighted by Crippen LogP contribution is 2.60. The fourth-order valence-corrected chi connectivity index (χ4v) is 12.4. The van der Waals surface area contributed by atoms with Gasteiger partial charge in [-0.3, -0.25) is 14.9 Å². The number of hydrogen-bond donors (Lipinski definition) is 1. The second kappa shape index (κ2) is 15.1. The Morgan fingerprint density at radius 3 is 1.70 bits per heavy atom. The van der Waals surface area contributed by atoms with Crippen molar-refractivity contribution < 1.29 is 23.5 Å². The van der Waals surface area contributed by atoms with E-state index >= 15 is 0 Å². The third-order valence-electron chi connectivity index (χ3n) is 15.8. The number of nitrogens with one attached hydrogen (secondary N) is 1. The van der Waals surface area contributed by atoms with Gasteiger partial charge in [-0.05, 0) is 144 Å². The van der Waals surface area contributed by atoms with E-state index in [1.807, 2.05) is 18.2 Å². The van der Waals surface area contributed by atoms with E-state index in [9.17, 15) is 9.59 Å². The van der Waals surface area contributed by atoms with Crippen LogP contribution in [-0.2, 0) is 44.3 Å². The first kappa shape index (κ1) is 40.8. The number of carbonyl (C=O) groups is 2. The van der Waals surface area contributed by atoms with Crippen molar-refractivity contribution in [3.8, 4) is 11.5 Å². The Balaban J connectivity index is 1.06. The summed E-state index contributed by atoms with van der Waals surface area (Å²) in [5.74, 6) is 1.83. The van der Waals surface area contributed by atoms with Crippen LogP contribution in [-0.4, -0.2) is 33.3 Å². The first-order valence-corrected chi connectivity index (χ1v) is 24.4. The summed E-state index contributed by atoms with van der Waals surface area (Å²) in [7, 11) is -1.84. The molecule has 0 saturated heterocycles. The number of rotatable bonds is 10. The SMILES string of the molecule is CC(C)(C)[Si](C)(C)OCCOc1ccc2c(c1)[C@@]1(C)CCC[C@](C)(C(=O)NC(=O)[C@@]3(C)CCC[C@]4(C)c5cc(OCc6ccccc6)ccc5CC[C@@H]34)[C@@H]1CC2. The lowest BCUT2D eigenvalue weighted by atomic mass is 9.49. The van der Waals surface area contributed by atoms with E-state index in [0.29, 0.717) is 19.8 Å². The summed E-state index contributed by atoms with van der Waals surface area (Å²) in [6.45, 7) is 21.9. The normalized spacial score (nSPS) is 29.9. The third kappa shape index (κ3) is 7.29. The summed E-state index contributed by atoms with van der Waals surface area (Å²) in [4.78, 5) is 29.4. The molecular formula is C49H67NO5Si. The molecule has 4 aliphatic rings. The smallest absolute Gasteiger partial charge is 0.232 e. The van der Waals surface area contributed by atoms with Gasteiger partial charge in [0.2, 0.25) is 11.8 Å². The molecule has 0 unspecified atom stereocenters. The molecule has 2 saturated carbocycles. The van der Waals surface area contributed by atoms with Crippen LogP contribution >= 0.6 is 0 Å². The zero-order valence-corrected chi connectivity index (χ0v) is 36.7. The second-order valence-electron chi connectivity index (χ2n) is 20.2. The Morgan fingerprint density at radius 1 is 0.696 bits per heavy atom. The van der Waals surface area contributed by atoms with Gasteiger partial charge in [-0.1, -0.05) is 104 Å². The van der Waals surface area contributed by atoms with E-state index in [-0.39, 0.29) is 39.5 Å². The molecule has 4 aliphatic carbocycles. The standard InChI is InChI=1S/C49H67NO5Si/c1-45(2,3)56(8,9)55-30-29-53-37-21-17-35-19-23-41-46(4,39(35)31-37)25-13-27-48(41,6)43(51)50-44(52)49(7)28-14-26-47(5)40-32-38(22-18-36(40)20-24-42(47)49)54-33-34-15-11-10-12-16-34/h10-12,15-18,21-22,31-32,41-42H,13-14,19-20,23-30,33H2,1-9H3,(H,50,51,52)/t41-,42-,46-,47-,48+,49+/m1/s1. The zero-order chi connectivity index (χ0) is 40.1. The maximum Gasteiger partial charge on any atom is 0.232 e. The number of aryl methyl sites for hydroxylation is 2. The van der Waals surface area contributed by atoms with E-state index in [0.717, 1.165) is 81.3 Å². The maximum atomic E-state index is 14.7. The van der Waals surface area contributed by atoms with Gasteiger partial charge in [-0.25, -0.2) is 0 Å². The maximum absolute atomic E-state index is 14.7. The van der Waals surface area contributed by atoms with Crippen molar-refractivity contribution in [2.24, 2.45) is 22.7 Å². The van der Waals surface area contributed by atoms with Crippen LogP contribution < -0.4 is 14.8 Å². The number of amides is 2. The molecule has 0 bridgehead atoms. The molecule has 3 aromatic rings. The van der Waals surface area contributed by atoms with Crippen LogP contribution in [0, 0.1) is 22.7 Å². The number of hydrogen-bond acceptors (Lipinski definition) is 5. The lowest BCUT2D eigenvalue weighted by molar-refractivity contribution is -0.150. The Bertz CT molecular complexity index is 1940. The molecular weight excluding hydrogens is 711 g/mol. The summed E-state index contributed by atoms with van der Waals surface area (Å²) in [5.41, 5.74) is 4.83. The highest BCUT2D eigenvalue weighted by molar-refractivity contribution is 6.74. The molecule has 302 valence electrons. The molecule has 0 radical (unpaired) electrons. The fraction of sp³-hybridized carbons (Fsp3) is 0.592. The van der Waals surface area contributed by atoms with E-state index in [4.69, 9.17) is 13.9 Å². The molecule has 2 fully saturated rings. The molecule has 1 N–H and O–H groups in total. The Hall–Kier alpha value is -3.42. The van der Waals surface area contributed by atoms with Crippen LogP contribution in [0.2, 0.25) is 18.1 Å². The summed E-state index contributed by atoms with van der Waals surface area (Å²) >= 11 is 0. The van der Waals surface area contributed by atoms with Gasteiger partial charge in [-0.2, -0.15) is 0 Å². The van der Waals surface area contributed by atoms with Crippen molar-refractivity contribution in [3.05, 3.63) is 94.5 Å². The van der Waals surface area contributed by atoms with Crippen LogP contribution in [0.1, 0.15) is 128 Å². The first-order chi connectivity index (χ1) is 26.4. The summed E-state index contributed by atoms with van der Waals surface area (Å²) < 4.78 is 19.0. The van der Waals surface area contributed by atoms with E-state index < -0.39 is 19.1 Å². The second-order valence-corrected chi connectivity index (χ2v) is 25.0. The molecule has 3 aromatic carbocycles. The van der Waals surface area contributed by atoms with Crippen molar-refractivity contribution in [2.75, 3.05) is 13.2 Å². The number of ether oxygens (including phenoxy) is 2. The quantitative estimate of drug-likeness (QED) is 0.126. The van der Waals surface area contributed by atoms with Crippen LogP contribution in [0.5, 0.6) is 11.5 Å². The lowest BCUT2D eigenvalue weighted by Crippen LogP contribution is -2.60. The Kier molecular flexibility index (Phi) is 11.0. The molecule has 0 aliphatic heterocycles. The number of carbonyl (C=O) groups excluding carboxylic acids is 2. The average Bonchev–Trinajstić information content (AvgIpc) is 3.15. The van der Waals surface area contributed by atoms with Crippen LogP contribution in [0.15, 0.2) is 66.7 Å². The highest BCUT2D eigenvalue weighted by Gasteiger charge is 2.58. The number of fused-ring (bicyclic) bond motifs is 6. The van der Waals surface area contributed by atoms with Crippen LogP contribution in [0.3, 0.4) is 0 Å². The van der Waals surface area contributed by atoms with E-state index in [1.165, 1.54) is 22.3 Å². The molecule has 0 heterocycles. The van der Waals surface area contributed by atoms with Gasteiger partial charge < -0.3 is 13.9 Å². The first-order valence-electron chi connectivity index (χ1n) is 21.5. The van der Waals surface area contributed by atoms with Crippen molar-refractivity contribution in [1.29, 1.82) is 0 Å². The van der Waals surface area contributed by atoms with Crippen molar-refractivity contribution in [2.45, 2.75) is 148 Å². The van der Waals surface area contributed by atoms with Gasteiger partial charge in [0.25, 0.3) is 0 Å². The average molecular weight is 778 g/mol. The molecule has 0 aromatic heterocycles. The number of benzene rings is 3. The van der Waals surface area contributed by atoms with Gasteiger partial charge in [0, 0.05) is 0 Å². The largest absolute Gasteiger partial charge is 0.491 e. The van der Waals surface area contributed by atoms with Gasteiger partial charge in [0.05, 0.1) is 17.4 Å². The number of imide groups is 1. The Labute approximate surface area is 338 Å².